The molecule has 0 fully saturated rings. The van der Waals surface area contributed by atoms with Gasteiger partial charge in [0.2, 0.25) is 5.91 Å². The van der Waals surface area contributed by atoms with Gasteiger partial charge in [-0.1, -0.05) is 0 Å². The Morgan fingerprint density at radius 2 is 2.07 bits per heavy atom. The summed E-state index contributed by atoms with van der Waals surface area (Å²) in [5, 5.41) is 6.77. The molecular weight excluding hydrogens is 192 g/mol. The van der Waals surface area contributed by atoms with Gasteiger partial charge in [-0.3, -0.25) is 9.59 Å². The Morgan fingerprint density at radius 1 is 1.50 bits per heavy atom. The third kappa shape index (κ3) is 3.32. The first kappa shape index (κ1) is 11.6. The molecular formula is C5H6N6O3. The predicted octanol–water partition coefficient (Wildman–Crippen LogP) is -0.146. The number of azide groups is 1. The molecule has 0 heterocycles. The minimum atomic E-state index is -1.26. The zero-order valence-corrected chi connectivity index (χ0v) is 7.09. The molecule has 3 N–H and O–H groups in total. The highest BCUT2D eigenvalue weighted by atomic mass is 16.3. The van der Waals surface area contributed by atoms with Crippen LogP contribution in [0.15, 0.2) is 21.8 Å². The molecule has 0 saturated heterocycles. The first-order valence-electron chi connectivity index (χ1n) is 3.23. The Hall–Kier alpha value is -2.41. The molecule has 0 aromatic heterocycles. The fraction of sp³-hybridized carbons (Fsp3) is 0.200. The summed E-state index contributed by atoms with van der Waals surface area (Å²) in [5.74, 6) is -2.39. The summed E-state index contributed by atoms with van der Waals surface area (Å²) in [4.78, 5) is 33.5. The van der Waals surface area contributed by atoms with Crippen LogP contribution in [-0.4, -0.2) is 11.8 Å². The molecule has 0 aliphatic rings. The Kier molecular flexibility index (Phi) is 4.37. The highest BCUT2D eigenvalue weighted by Crippen LogP contribution is 2.01. The molecule has 2 amide bonds. The highest BCUT2D eigenvalue weighted by molar-refractivity contribution is 5.94. The third-order valence-electron chi connectivity index (χ3n) is 0.995. The van der Waals surface area contributed by atoms with E-state index in [-0.39, 0.29) is 0 Å². The van der Waals surface area contributed by atoms with Gasteiger partial charge >= 0.3 is 0 Å². The normalized spacial score (nSPS) is 10.6. The predicted molar refractivity (Wildman–Crippen MR) is 45.0 cm³/mol. The van der Waals surface area contributed by atoms with Crippen LogP contribution in [0.4, 0.5) is 0 Å². The van der Waals surface area contributed by atoms with Crippen LogP contribution in [-0.2, 0) is 9.59 Å². The fourth-order valence-electron chi connectivity index (χ4n) is 0.540. The Morgan fingerprint density at radius 3 is 2.43 bits per heavy atom. The molecule has 0 aromatic carbocycles. The van der Waals surface area contributed by atoms with E-state index in [0.29, 0.717) is 0 Å². The van der Waals surface area contributed by atoms with Gasteiger partial charge < -0.3 is 11.1 Å². The van der Waals surface area contributed by atoms with Crippen LogP contribution < -0.4 is 11.1 Å². The maximum absolute atomic E-state index is 10.8. The summed E-state index contributed by atoms with van der Waals surface area (Å²) in [5.41, 5.74) is 12.2. The van der Waals surface area contributed by atoms with Gasteiger partial charge in [-0.15, -0.1) is 4.91 Å². The molecule has 0 atom stereocenters. The van der Waals surface area contributed by atoms with Crippen LogP contribution in [0, 0.1) is 4.91 Å². The molecule has 0 aromatic rings. The zero-order valence-electron chi connectivity index (χ0n) is 7.09. The zero-order chi connectivity index (χ0) is 11.1. The Bertz CT molecular complexity index is 352. The fourth-order valence-corrected chi connectivity index (χ4v) is 0.540. The van der Waals surface area contributed by atoms with Crippen molar-refractivity contribution in [2.75, 3.05) is 0 Å². The Balaban J connectivity index is 5.02. The van der Waals surface area contributed by atoms with Crippen LogP contribution >= 0.6 is 0 Å². The van der Waals surface area contributed by atoms with Crippen molar-refractivity contribution < 1.29 is 9.59 Å². The second-order valence-electron chi connectivity index (χ2n) is 2.03. The number of nitrogens with zero attached hydrogens (tertiary/aromatic N) is 4. The lowest BCUT2D eigenvalue weighted by Gasteiger charge is -2.01. The Labute approximate surface area is 77.6 Å². The summed E-state index contributed by atoms with van der Waals surface area (Å²) < 4.78 is 0. The maximum atomic E-state index is 10.8. The van der Waals surface area contributed by atoms with E-state index >= 15 is 0 Å². The van der Waals surface area contributed by atoms with Gasteiger partial charge in [-0.05, 0) is 15.8 Å². The van der Waals surface area contributed by atoms with Crippen molar-refractivity contribution in [2.24, 2.45) is 16.0 Å². The molecule has 0 rings (SSSR count). The number of hydrogen-bond donors (Lipinski definition) is 2. The van der Waals surface area contributed by atoms with Crippen molar-refractivity contribution in [1.82, 2.24) is 5.32 Å². The first-order chi connectivity index (χ1) is 6.52. The van der Waals surface area contributed by atoms with Crippen molar-refractivity contribution in [3.8, 4) is 0 Å². The second-order valence-corrected chi connectivity index (χ2v) is 2.03. The van der Waals surface area contributed by atoms with Gasteiger partial charge in [0.05, 0.1) is 0 Å². The highest BCUT2D eigenvalue weighted by Gasteiger charge is 2.13. The van der Waals surface area contributed by atoms with E-state index < -0.39 is 23.3 Å². The van der Waals surface area contributed by atoms with Gasteiger partial charge in [0.1, 0.15) is 5.82 Å². The number of amides is 2. The van der Waals surface area contributed by atoms with Crippen LogP contribution in [0.2, 0.25) is 0 Å². The molecule has 0 bridgehead atoms. The minimum absolute atomic E-state index is 0.551. The van der Waals surface area contributed by atoms with Gasteiger partial charge in [0.25, 0.3) is 5.91 Å². The van der Waals surface area contributed by atoms with Crippen LogP contribution in [0.3, 0.4) is 0 Å². The average molecular weight is 198 g/mol. The summed E-state index contributed by atoms with van der Waals surface area (Å²) in [7, 11) is 0. The lowest BCUT2D eigenvalue weighted by atomic mass is 10.4. The monoisotopic (exact) mass is 198 g/mol. The number of nitrogens with one attached hydrogen (secondary N) is 1. The number of nitroso groups, excluding NO2 is 1. The van der Waals surface area contributed by atoms with Gasteiger partial charge in [0, 0.05) is 11.8 Å². The molecule has 0 aliphatic carbocycles. The van der Waals surface area contributed by atoms with Crippen molar-refractivity contribution in [2.45, 2.75) is 6.92 Å². The summed E-state index contributed by atoms with van der Waals surface area (Å²) in [6.07, 6.45) is 0. The van der Waals surface area contributed by atoms with E-state index in [9.17, 15) is 14.5 Å². The molecule has 74 valence electrons. The van der Waals surface area contributed by atoms with Crippen LogP contribution in [0.25, 0.3) is 10.4 Å². The smallest absolute Gasteiger partial charge is 0.274 e. The molecule has 0 radical (unpaired) electrons. The molecule has 9 nitrogen and oxygen atoms in total. The van der Waals surface area contributed by atoms with E-state index in [1.165, 1.54) is 0 Å². The quantitative estimate of drug-likeness (QED) is 0.213. The van der Waals surface area contributed by atoms with E-state index in [4.69, 9.17) is 11.3 Å². The number of carbonyl (C=O) groups excluding carboxylic acids is 2. The van der Waals surface area contributed by atoms with Crippen molar-refractivity contribution >= 4 is 11.8 Å². The minimum Gasteiger partial charge on any atom is -0.383 e. The molecule has 0 saturated carbocycles. The number of hydrogen-bond acceptors (Lipinski definition) is 5. The molecule has 0 aliphatic heterocycles. The van der Waals surface area contributed by atoms with Crippen molar-refractivity contribution in [1.29, 1.82) is 0 Å². The van der Waals surface area contributed by atoms with E-state index in [0.717, 1.165) is 6.92 Å². The third-order valence-corrected chi connectivity index (χ3v) is 0.995. The first-order valence-corrected chi connectivity index (χ1v) is 3.23. The number of carbonyl (C=O) groups is 2. The van der Waals surface area contributed by atoms with E-state index in [2.05, 4.69) is 15.2 Å². The summed E-state index contributed by atoms with van der Waals surface area (Å²) in [6.45, 7) is 1.12. The maximum Gasteiger partial charge on any atom is 0.274 e. The van der Waals surface area contributed by atoms with E-state index in [1.807, 2.05) is 5.32 Å². The van der Waals surface area contributed by atoms with E-state index in [1.54, 1.807) is 0 Å². The van der Waals surface area contributed by atoms with Crippen molar-refractivity contribution in [3.05, 3.63) is 26.9 Å². The molecule has 9 heteroatoms. The number of nitrogens with two attached hydrogens (primary N) is 1. The lowest BCUT2D eigenvalue weighted by molar-refractivity contribution is -0.118. The lowest BCUT2D eigenvalue weighted by Crippen LogP contribution is -2.27. The van der Waals surface area contributed by atoms with Gasteiger partial charge in [0.15, 0.2) is 5.70 Å². The van der Waals surface area contributed by atoms with Gasteiger partial charge in [-0.2, -0.15) is 0 Å². The topological polar surface area (TPSA) is 150 Å². The van der Waals surface area contributed by atoms with Crippen LogP contribution in [0.5, 0.6) is 0 Å². The summed E-state index contributed by atoms with van der Waals surface area (Å²) >= 11 is 0. The summed E-state index contributed by atoms with van der Waals surface area (Å²) in [6, 6.07) is 0. The van der Waals surface area contributed by atoms with Crippen molar-refractivity contribution in [3.63, 3.8) is 0 Å². The standard InChI is InChI=1S/C5H6N6O3/c1-2(12)8-4(6)3(10-14)5(13)9-11-7/h6H2,1H3,(H,8,12)/b4-3+. The molecule has 14 heavy (non-hydrogen) atoms. The SMILES string of the molecule is CC(=O)N/C(N)=C(/N=O)C(=O)N=[N+]=[N-]. The average Bonchev–Trinajstić information content (AvgIpc) is 2.04. The van der Waals surface area contributed by atoms with Crippen LogP contribution in [0.1, 0.15) is 6.92 Å². The second kappa shape index (κ2) is 5.27. The number of rotatable bonds is 3. The molecule has 0 unspecified atom stereocenters. The largest absolute Gasteiger partial charge is 0.383 e. The van der Waals surface area contributed by atoms with Gasteiger partial charge in [-0.25, -0.2) is 0 Å². The molecule has 0 spiro atoms.